The van der Waals surface area contributed by atoms with Crippen molar-refractivity contribution in [3.8, 4) is 11.5 Å². The van der Waals surface area contributed by atoms with Crippen molar-refractivity contribution in [3.63, 3.8) is 0 Å². The van der Waals surface area contributed by atoms with E-state index < -0.39 is 5.92 Å². The summed E-state index contributed by atoms with van der Waals surface area (Å²) in [5.41, 5.74) is 2.02. The lowest BCUT2D eigenvalue weighted by Crippen LogP contribution is -2.42. The Kier molecular flexibility index (Phi) is 7.63. The van der Waals surface area contributed by atoms with Crippen LogP contribution in [0.3, 0.4) is 0 Å². The zero-order valence-electron chi connectivity index (χ0n) is 24.8. The lowest BCUT2D eigenvalue weighted by molar-refractivity contribution is -0.123. The number of ether oxygens (including phenoxy) is 2. The summed E-state index contributed by atoms with van der Waals surface area (Å²) in [5, 5.41) is 4.33. The highest BCUT2D eigenvalue weighted by Gasteiger charge is 2.69. The number of rotatable bonds is 7. The monoisotopic (exact) mass is 707 g/mol. The van der Waals surface area contributed by atoms with Crippen LogP contribution in [0.15, 0.2) is 76.6 Å². The summed E-state index contributed by atoms with van der Waals surface area (Å²) < 4.78 is 11.6. The molecule has 1 saturated heterocycles. The molecule has 9 nitrogen and oxygen atoms in total. The van der Waals surface area contributed by atoms with Crippen molar-refractivity contribution in [2.24, 2.45) is 29.6 Å². The van der Waals surface area contributed by atoms with Crippen molar-refractivity contribution in [2.75, 3.05) is 23.9 Å². The van der Waals surface area contributed by atoms with E-state index in [0.717, 1.165) is 21.9 Å². The SMILES string of the molecule is COc1cc([C@H]2c3sc(=O)[nH]c3SC3C4CC(C5C(=O)N(c6ccccc6)C(=O)C45)C32)ccc1OCC(=O)Nc1ccc(Cl)c(Cl)c1. The van der Waals surface area contributed by atoms with E-state index in [1.807, 2.05) is 30.3 Å². The summed E-state index contributed by atoms with van der Waals surface area (Å²) in [7, 11) is 1.53. The topological polar surface area (TPSA) is 118 Å². The van der Waals surface area contributed by atoms with Gasteiger partial charge in [-0.3, -0.25) is 24.1 Å². The number of amides is 3. The van der Waals surface area contributed by atoms with Gasteiger partial charge in [0, 0.05) is 21.7 Å². The Morgan fingerprint density at radius 2 is 1.72 bits per heavy atom. The minimum absolute atomic E-state index is 0.0164. The van der Waals surface area contributed by atoms with Crippen LogP contribution in [-0.4, -0.2) is 41.7 Å². The number of aromatic amines is 1. The molecule has 240 valence electrons. The quantitative estimate of drug-likeness (QED) is 0.212. The van der Waals surface area contributed by atoms with Crippen molar-refractivity contribution in [1.29, 1.82) is 0 Å². The second-order valence-corrected chi connectivity index (χ2v) is 15.2. The minimum atomic E-state index is -0.396. The summed E-state index contributed by atoms with van der Waals surface area (Å²) >= 11 is 14.9. The lowest BCUT2D eigenvalue weighted by Gasteiger charge is -2.43. The molecule has 3 amide bonds. The Morgan fingerprint density at radius 1 is 0.957 bits per heavy atom. The van der Waals surface area contributed by atoms with Crippen LogP contribution in [0.4, 0.5) is 11.4 Å². The van der Waals surface area contributed by atoms with E-state index in [1.165, 1.54) is 23.3 Å². The highest BCUT2D eigenvalue weighted by atomic mass is 35.5. The molecule has 2 saturated carbocycles. The third-order valence-corrected chi connectivity index (χ3v) is 13.2. The molecule has 13 heteroatoms. The molecular formula is C34H27Cl2N3O6S2. The number of benzene rings is 3. The fourth-order valence-electron chi connectivity index (χ4n) is 8.13. The number of H-pyrrole nitrogens is 1. The second-order valence-electron chi connectivity index (χ2n) is 12.2. The maximum absolute atomic E-state index is 13.9. The fourth-order valence-corrected chi connectivity index (χ4v) is 11.3. The molecule has 2 aliphatic carbocycles. The molecule has 0 radical (unpaired) electrons. The Balaban J connectivity index is 1.08. The Hall–Kier alpha value is -3.77. The van der Waals surface area contributed by atoms with Gasteiger partial charge in [-0.15, -0.1) is 11.8 Å². The van der Waals surface area contributed by atoms with Crippen LogP contribution in [0, 0.1) is 29.6 Å². The molecule has 2 aliphatic heterocycles. The summed E-state index contributed by atoms with van der Waals surface area (Å²) in [6.45, 7) is -0.273. The molecule has 8 rings (SSSR count). The number of fused-ring (bicyclic) bond motifs is 9. The standard InChI is InChI=1S/C34H27Cl2N3O6S2/c1-44-23-11-15(7-10-22(23)45-14-24(40)37-16-8-9-20(35)21(36)12-16)25-26-18-13-19(29(26)46-31-30(25)47-34(43)38-31)28-27(18)32(41)39(33(28)42)17-5-3-2-4-6-17/h2-12,18-19,25-29H,13-14H2,1H3,(H,37,40)(H,38,43)/t18?,19?,25-,26?,27?,28?,29?/m1/s1. The number of nitrogens with zero attached hydrogens (tertiary/aromatic N) is 1. The number of nitrogens with one attached hydrogen (secondary N) is 2. The van der Waals surface area contributed by atoms with Gasteiger partial charge in [0.2, 0.25) is 11.8 Å². The highest BCUT2D eigenvalue weighted by molar-refractivity contribution is 8.00. The molecule has 6 unspecified atom stereocenters. The van der Waals surface area contributed by atoms with Gasteiger partial charge in [-0.25, -0.2) is 0 Å². The molecule has 7 atom stereocenters. The predicted molar refractivity (Wildman–Crippen MR) is 181 cm³/mol. The molecule has 2 bridgehead atoms. The number of methoxy groups -OCH3 is 1. The van der Waals surface area contributed by atoms with Crippen LogP contribution in [0.2, 0.25) is 10.0 Å². The molecule has 47 heavy (non-hydrogen) atoms. The number of aromatic nitrogens is 1. The van der Waals surface area contributed by atoms with Gasteiger partial charge in [-0.1, -0.05) is 58.8 Å². The van der Waals surface area contributed by atoms with E-state index in [2.05, 4.69) is 10.3 Å². The van der Waals surface area contributed by atoms with Crippen LogP contribution in [-0.2, 0) is 14.4 Å². The van der Waals surface area contributed by atoms with Gasteiger partial charge in [0.05, 0.1) is 39.7 Å². The third kappa shape index (κ3) is 4.97. The largest absolute Gasteiger partial charge is 0.493 e. The first-order valence-electron chi connectivity index (χ1n) is 15.1. The van der Waals surface area contributed by atoms with E-state index in [9.17, 15) is 19.2 Å². The van der Waals surface area contributed by atoms with Gasteiger partial charge in [0.15, 0.2) is 18.1 Å². The van der Waals surface area contributed by atoms with Crippen LogP contribution in [0.5, 0.6) is 11.5 Å². The van der Waals surface area contributed by atoms with Gasteiger partial charge < -0.3 is 19.8 Å². The molecule has 1 aromatic heterocycles. The van der Waals surface area contributed by atoms with E-state index in [-0.39, 0.29) is 64.0 Å². The van der Waals surface area contributed by atoms with Crippen molar-refractivity contribution < 1.29 is 23.9 Å². The number of hydrogen-bond donors (Lipinski definition) is 2. The first-order valence-corrected chi connectivity index (χ1v) is 17.6. The van der Waals surface area contributed by atoms with Gasteiger partial charge in [-0.05, 0) is 72.2 Å². The van der Waals surface area contributed by atoms with Gasteiger partial charge in [0.25, 0.3) is 5.91 Å². The van der Waals surface area contributed by atoms with Crippen molar-refractivity contribution in [3.05, 3.63) is 96.9 Å². The maximum atomic E-state index is 13.9. The number of thiazole rings is 1. The number of para-hydroxylation sites is 1. The van der Waals surface area contributed by atoms with Gasteiger partial charge in [0.1, 0.15) is 0 Å². The maximum Gasteiger partial charge on any atom is 0.305 e. The molecule has 3 fully saturated rings. The van der Waals surface area contributed by atoms with Crippen molar-refractivity contribution in [1.82, 2.24) is 4.98 Å². The average Bonchev–Trinajstić information content (AvgIpc) is 3.80. The number of anilines is 2. The van der Waals surface area contributed by atoms with Gasteiger partial charge in [-0.2, -0.15) is 0 Å². The number of hydrogen-bond acceptors (Lipinski definition) is 8. The summed E-state index contributed by atoms with van der Waals surface area (Å²) in [6, 6.07) is 19.5. The molecular weight excluding hydrogens is 681 g/mol. The average molecular weight is 709 g/mol. The van der Waals surface area contributed by atoms with Crippen LogP contribution in [0.1, 0.15) is 22.8 Å². The normalized spacial score (nSPS) is 27.0. The minimum Gasteiger partial charge on any atom is -0.493 e. The van der Waals surface area contributed by atoms with E-state index in [1.54, 1.807) is 48.2 Å². The Bertz CT molecular complexity index is 2000. The number of thioether (sulfide) groups is 1. The van der Waals surface area contributed by atoms with Crippen LogP contribution in [0.25, 0.3) is 0 Å². The molecule has 0 spiro atoms. The number of carbonyl (C=O) groups excluding carboxylic acids is 3. The summed E-state index contributed by atoms with van der Waals surface area (Å²) in [6.07, 6.45) is 0.791. The van der Waals surface area contributed by atoms with Gasteiger partial charge >= 0.3 is 4.87 Å². The second kappa shape index (κ2) is 11.7. The van der Waals surface area contributed by atoms with Crippen molar-refractivity contribution >= 4 is 75.4 Å². The molecule has 4 aromatic rings. The summed E-state index contributed by atoms with van der Waals surface area (Å²) in [5.74, 6) is -0.739. The zero-order chi connectivity index (χ0) is 32.6. The highest BCUT2D eigenvalue weighted by Crippen LogP contribution is 2.68. The number of halogens is 2. The Labute approximate surface area is 287 Å². The fraction of sp³-hybridized carbons (Fsp3) is 0.294. The van der Waals surface area contributed by atoms with Crippen molar-refractivity contribution in [2.45, 2.75) is 22.6 Å². The molecule has 3 heterocycles. The summed E-state index contributed by atoms with van der Waals surface area (Å²) in [4.78, 5) is 58.2. The molecule has 3 aromatic carbocycles. The molecule has 4 aliphatic rings. The van der Waals surface area contributed by atoms with E-state index in [0.29, 0.717) is 32.9 Å². The first kappa shape index (κ1) is 30.6. The molecule has 2 N–H and O–H groups in total. The third-order valence-electron chi connectivity index (χ3n) is 9.85. The van der Waals surface area contributed by atoms with Crippen LogP contribution >= 0.6 is 46.3 Å². The Morgan fingerprint density at radius 3 is 2.47 bits per heavy atom. The smallest absolute Gasteiger partial charge is 0.305 e. The predicted octanol–water partition coefficient (Wildman–Crippen LogP) is 6.45. The number of imide groups is 1. The number of carbonyl (C=O) groups is 3. The lowest BCUT2D eigenvalue weighted by atomic mass is 9.68. The van der Waals surface area contributed by atoms with Crippen LogP contribution < -0.4 is 24.6 Å². The van der Waals surface area contributed by atoms with E-state index in [4.69, 9.17) is 32.7 Å². The first-order chi connectivity index (χ1) is 22.7. The van der Waals surface area contributed by atoms with E-state index >= 15 is 0 Å². The zero-order valence-corrected chi connectivity index (χ0v) is 27.9.